The molecule has 1 aromatic heterocycles. The fourth-order valence-electron chi connectivity index (χ4n) is 2.48. The van der Waals surface area contributed by atoms with E-state index >= 15 is 0 Å². The molecule has 0 aliphatic heterocycles. The fourth-order valence-corrected chi connectivity index (χ4v) is 2.48. The number of hydrogen-bond donors (Lipinski definition) is 2. The molecule has 1 fully saturated rings. The van der Waals surface area contributed by atoms with E-state index in [2.05, 4.69) is 12.2 Å². The smallest absolute Gasteiger partial charge is 0.268 e. The van der Waals surface area contributed by atoms with Crippen LogP contribution in [0.2, 0.25) is 0 Å². The average molecular weight is 235 g/mol. The number of rotatable bonds is 2. The molecule has 0 radical (unpaired) electrons. The van der Waals surface area contributed by atoms with E-state index in [1.54, 1.807) is 16.8 Å². The van der Waals surface area contributed by atoms with Crippen molar-refractivity contribution in [2.24, 2.45) is 13.0 Å². The summed E-state index contributed by atoms with van der Waals surface area (Å²) in [5, 5.41) is 3.09. The maximum atomic E-state index is 12.0. The van der Waals surface area contributed by atoms with Crippen LogP contribution in [-0.2, 0) is 7.05 Å². The number of aromatic nitrogens is 1. The number of anilines is 1. The Morgan fingerprint density at radius 2 is 2.06 bits per heavy atom. The molecule has 4 heteroatoms. The lowest BCUT2D eigenvalue weighted by Gasteiger charge is -2.26. The zero-order valence-corrected chi connectivity index (χ0v) is 10.6. The predicted molar refractivity (Wildman–Crippen MR) is 68.7 cm³/mol. The zero-order chi connectivity index (χ0) is 12.4. The fraction of sp³-hybridized carbons (Fsp3) is 0.615. The first-order valence-electron chi connectivity index (χ1n) is 6.29. The maximum absolute atomic E-state index is 12.0. The molecule has 0 saturated heterocycles. The summed E-state index contributed by atoms with van der Waals surface area (Å²) in [6, 6.07) is 2.05. The molecule has 4 nitrogen and oxygen atoms in total. The summed E-state index contributed by atoms with van der Waals surface area (Å²) in [4.78, 5) is 12.0. The highest BCUT2D eigenvalue weighted by atomic mass is 16.2. The van der Waals surface area contributed by atoms with Crippen LogP contribution < -0.4 is 11.1 Å². The molecule has 1 amide bonds. The van der Waals surface area contributed by atoms with Crippen LogP contribution in [0.3, 0.4) is 0 Å². The van der Waals surface area contributed by atoms with Crippen molar-refractivity contribution in [3.63, 3.8) is 0 Å². The molecule has 1 aromatic rings. The minimum atomic E-state index is -0.0104. The van der Waals surface area contributed by atoms with E-state index in [0.29, 0.717) is 17.4 Å². The van der Waals surface area contributed by atoms with Crippen LogP contribution in [-0.4, -0.2) is 16.5 Å². The summed E-state index contributed by atoms with van der Waals surface area (Å²) in [7, 11) is 1.84. The van der Waals surface area contributed by atoms with E-state index in [1.165, 1.54) is 12.8 Å². The number of aryl methyl sites for hydroxylation is 1. The molecule has 0 spiro atoms. The van der Waals surface area contributed by atoms with Crippen molar-refractivity contribution in [2.75, 3.05) is 5.73 Å². The number of nitrogens with one attached hydrogen (secondary N) is 1. The number of nitrogens with zero attached hydrogens (tertiary/aromatic N) is 1. The topological polar surface area (TPSA) is 60.1 Å². The van der Waals surface area contributed by atoms with E-state index < -0.39 is 0 Å². The van der Waals surface area contributed by atoms with Gasteiger partial charge in [-0.2, -0.15) is 0 Å². The zero-order valence-electron chi connectivity index (χ0n) is 10.6. The second-order valence-corrected chi connectivity index (χ2v) is 5.20. The summed E-state index contributed by atoms with van der Waals surface area (Å²) in [6.07, 6.45) is 6.36. The molecular formula is C13H21N3O. The van der Waals surface area contributed by atoms with Gasteiger partial charge in [0.1, 0.15) is 5.69 Å². The van der Waals surface area contributed by atoms with Crippen LogP contribution >= 0.6 is 0 Å². The van der Waals surface area contributed by atoms with Gasteiger partial charge >= 0.3 is 0 Å². The molecular weight excluding hydrogens is 214 g/mol. The van der Waals surface area contributed by atoms with Gasteiger partial charge in [-0.15, -0.1) is 0 Å². The average Bonchev–Trinajstić information content (AvgIpc) is 2.61. The summed E-state index contributed by atoms with van der Waals surface area (Å²) in [5.74, 6) is 0.789. The van der Waals surface area contributed by atoms with Crippen LogP contribution in [0.15, 0.2) is 12.3 Å². The van der Waals surface area contributed by atoms with Crippen molar-refractivity contribution in [3.05, 3.63) is 18.0 Å². The van der Waals surface area contributed by atoms with Gasteiger partial charge in [0.05, 0.1) is 5.69 Å². The van der Waals surface area contributed by atoms with Crippen LogP contribution in [0.25, 0.3) is 0 Å². The van der Waals surface area contributed by atoms with E-state index in [9.17, 15) is 4.79 Å². The lowest BCUT2D eigenvalue weighted by atomic mass is 9.87. The third kappa shape index (κ3) is 2.81. The Morgan fingerprint density at radius 3 is 2.59 bits per heavy atom. The molecule has 0 aromatic carbocycles. The van der Waals surface area contributed by atoms with Crippen LogP contribution in [0.4, 0.5) is 5.69 Å². The lowest BCUT2D eigenvalue weighted by Crippen LogP contribution is -2.38. The van der Waals surface area contributed by atoms with Gasteiger partial charge in [0.15, 0.2) is 0 Å². The molecule has 0 unspecified atom stereocenters. The standard InChI is InChI=1S/C13H21N3O/c1-9-3-5-11(6-4-9)15-13(17)12-7-10(14)8-16(12)2/h7-9,11H,3-6,14H2,1-2H3,(H,15,17). The van der Waals surface area contributed by atoms with Gasteiger partial charge in [-0.1, -0.05) is 6.92 Å². The van der Waals surface area contributed by atoms with Gasteiger partial charge in [-0.3, -0.25) is 4.79 Å². The molecule has 17 heavy (non-hydrogen) atoms. The number of carbonyl (C=O) groups excluding carboxylic acids is 1. The van der Waals surface area contributed by atoms with Gasteiger partial charge in [-0.05, 0) is 37.7 Å². The van der Waals surface area contributed by atoms with Crippen molar-refractivity contribution in [3.8, 4) is 0 Å². The second-order valence-electron chi connectivity index (χ2n) is 5.20. The van der Waals surface area contributed by atoms with E-state index in [1.807, 2.05) is 7.05 Å². The Labute approximate surface area is 102 Å². The largest absolute Gasteiger partial charge is 0.397 e. The SMILES string of the molecule is CC1CCC(NC(=O)c2cc(N)cn2C)CC1. The minimum Gasteiger partial charge on any atom is -0.397 e. The molecule has 1 heterocycles. The van der Waals surface area contributed by atoms with Crippen molar-refractivity contribution in [1.29, 1.82) is 0 Å². The van der Waals surface area contributed by atoms with E-state index in [4.69, 9.17) is 5.73 Å². The monoisotopic (exact) mass is 235 g/mol. The Kier molecular flexibility index (Phi) is 3.41. The molecule has 2 rings (SSSR count). The second kappa shape index (κ2) is 4.82. The normalized spacial score (nSPS) is 24.6. The molecule has 1 aliphatic carbocycles. The van der Waals surface area contributed by atoms with Gasteiger partial charge in [0, 0.05) is 19.3 Å². The van der Waals surface area contributed by atoms with Crippen molar-refractivity contribution < 1.29 is 4.79 Å². The first-order chi connectivity index (χ1) is 8.06. The van der Waals surface area contributed by atoms with E-state index in [-0.39, 0.29) is 5.91 Å². The quantitative estimate of drug-likeness (QED) is 0.822. The minimum absolute atomic E-state index is 0.0104. The summed E-state index contributed by atoms with van der Waals surface area (Å²) < 4.78 is 1.77. The Bertz CT molecular complexity index is 403. The molecule has 94 valence electrons. The van der Waals surface area contributed by atoms with Crippen molar-refractivity contribution in [1.82, 2.24) is 9.88 Å². The van der Waals surface area contributed by atoms with Gasteiger partial charge in [-0.25, -0.2) is 0 Å². The van der Waals surface area contributed by atoms with E-state index in [0.717, 1.165) is 18.8 Å². The van der Waals surface area contributed by atoms with Crippen LogP contribution in [0.5, 0.6) is 0 Å². The highest BCUT2D eigenvalue weighted by Gasteiger charge is 2.21. The number of nitrogen functional groups attached to an aromatic ring is 1. The predicted octanol–water partition coefficient (Wildman–Crippen LogP) is 1.92. The summed E-state index contributed by atoms with van der Waals surface area (Å²) >= 11 is 0. The van der Waals surface area contributed by atoms with Gasteiger partial charge in [0.25, 0.3) is 5.91 Å². The van der Waals surface area contributed by atoms with Gasteiger partial charge < -0.3 is 15.6 Å². The Balaban J connectivity index is 1.95. The van der Waals surface area contributed by atoms with Crippen LogP contribution in [0, 0.1) is 5.92 Å². The first-order valence-corrected chi connectivity index (χ1v) is 6.29. The molecule has 1 aliphatic rings. The van der Waals surface area contributed by atoms with Crippen LogP contribution in [0.1, 0.15) is 43.1 Å². The highest BCUT2D eigenvalue weighted by Crippen LogP contribution is 2.23. The van der Waals surface area contributed by atoms with Crippen molar-refractivity contribution >= 4 is 11.6 Å². The van der Waals surface area contributed by atoms with Gasteiger partial charge in [0.2, 0.25) is 0 Å². The molecule has 1 saturated carbocycles. The van der Waals surface area contributed by atoms with Crippen molar-refractivity contribution in [2.45, 2.75) is 38.6 Å². The number of carbonyl (C=O) groups is 1. The number of hydrogen-bond acceptors (Lipinski definition) is 2. The molecule has 0 atom stereocenters. The maximum Gasteiger partial charge on any atom is 0.268 e. The first kappa shape index (κ1) is 12.0. The highest BCUT2D eigenvalue weighted by molar-refractivity contribution is 5.93. The Morgan fingerprint density at radius 1 is 1.41 bits per heavy atom. The summed E-state index contributed by atoms with van der Waals surface area (Å²) in [5.41, 5.74) is 6.94. The molecule has 3 N–H and O–H groups in total. The summed E-state index contributed by atoms with van der Waals surface area (Å²) in [6.45, 7) is 2.27. The third-order valence-electron chi connectivity index (χ3n) is 3.61. The molecule has 0 bridgehead atoms. The third-order valence-corrected chi connectivity index (χ3v) is 3.61. The Hall–Kier alpha value is -1.45. The lowest BCUT2D eigenvalue weighted by molar-refractivity contribution is 0.0915. The number of amides is 1. The number of nitrogens with two attached hydrogens (primary N) is 1.